The van der Waals surface area contributed by atoms with Crippen molar-refractivity contribution in [3.8, 4) is 0 Å². The van der Waals surface area contributed by atoms with Crippen molar-refractivity contribution in [2.45, 2.75) is 65.7 Å². The molecule has 0 aromatic heterocycles. The SMILES string of the molecule is CCOCCCCC(=O)NCCCCCC(C)C.[HH]. The van der Waals surface area contributed by atoms with Crippen molar-refractivity contribution in [2.75, 3.05) is 19.8 Å². The summed E-state index contributed by atoms with van der Waals surface area (Å²) in [6.07, 6.45) is 7.46. The largest absolute Gasteiger partial charge is 0.382 e. The normalized spacial score (nSPS) is 10.9. The van der Waals surface area contributed by atoms with Crippen molar-refractivity contribution < 1.29 is 11.0 Å². The van der Waals surface area contributed by atoms with Crippen LogP contribution in [0.2, 0.25) is 0 Å². The van der Waals surface area contributed by atoms with Crippen LogP contribution < -0.4 is 5.32 Å². The van der Waals surface area contributed by atoms with Crippen LogP contribution in [0, 0.1) is 5.92 Å². The van der Waals surface area contributed by atoms with Gasteiger partial charge in [0.1, 0.15) is 0 Å². The minimum absolute atomic E-state index is 0. The van der Waals surface area contributed by atoms with Crippen LogP contribution in [-0.2, 0) is 9.53 Å². The molecule has 3 nitrogen and oxygen atoms in total. The van der Waals surface area contributed by atoms with E-state index >= 15 is 0 Å². The average Bonchev–Trinajstić information content (AvgIpc) is 2.33. The molecule has 3 heteroatoms. The van der Waals surface area contributed by atoms with Gasteiger partial charge in [0.25, 0.3) is 0 Å². The molecule has 0 radical (unpaired) electrons. The Kier molecular flexibility index (Phi) is 12.5. The van der Waals surface area contributed by atoms with Crippen LogP contribution in [0.3, 0.4) is 0 Å². The highest BCUT2D eigenvalue weighted by Crippen LogP contribution is 2.07. The molecule has 1 amide bonds. The van der Waals surface area contributed by atoms with Gasteiger partial charge >= 0.3 is 0 Å². The third-order valence-corrected chi connectivity index (χ3v) is 2.93. The summed E-state index contributed by atoms with van der Waals surface area (Å²) >= 11 is 0. The Bertz CT molecular complexity index is 199. The fourth-order valence-corrected chi connectivity index (χ4v) is 1.80. The Morgan fingerprint density at radius 1 is 1.17 bits per heavy atom. The number of rotatable bonds is 12. The maximum Gasteiger partial charge on any atom is 0.219 e. The predicted octanol–water partition coefficient (Wildman–Crippen LogP) is 3.77. The number of hydrogen-bond acceptors (Lipinski definition) is 2. The van der Waals surface area contributed by atoms with Crippen LogP contribution in [0.5, 0.6) is 0 Å². The lowest BCUT2D eigenvalue weighted by Gasteiger charge is -2.06. The minimum atomic E-state index is 0. The van der Waals surface area contributed by atoms with Crippen molar-refractivity contribution in [1.82, 2.24) is 5.32 Å². The molecule has 110 valence electrons. The lowest BCUT2D eigenvalue weighted by atomic mass is 10.1. The number of ether oxygens (including phenoxy) is 1. The highest BCUT2D eigenvalue weighted by atomic mass is 16.5. The van der Waals surface area contributed by atoms with E-state index in [1.165, 1.54) is 19.3 Å². The second-order valence-corrected chi connectivity index (χ2v) is 5.25. The molecular weight excluding hydrogens is 226 g/mol. The van der Waals surface area contributed by atoms with Crippen molar-refractivity contribution in [3.63, 3.8) is 0 Å². The second kappa shape index (κ2) is 12.9. The third-order valence-electron chi connectivity index (χ3n) is 2.93. The Labute approximate surface area is 114 Å². The highest BCUT2D eigenvalue weighted by Gasteiger charge is 2.00. The molecule has 0 heterocycles. The summed E-state index contributed by atoms with van der Waals surface area (Å²) in [7, 11) is 0. The van der Waals surface area contributed by atoms with Crippen LogP contribution in [0.25, 0.3) is 0 Å². The molecule has 0 spiro atoms. The van der Waals surface area contributed by atoms with E-state index in [-0.39, 0.29) is 7.33 Å². The first kappa shape index (κ1) is 17.4. The number of carbonyl (C=O) groups excluding carboxylic acids is 1. The summed E-state index contributed by atoms with van der Waals surface area (Å²) < 4.78 is 5.23. The Hall–Kier alpha value is -0.570. The summed E-state index contributed by atoms with van der Waals surface area (Å²) in [4.78, 5) is 11.5. The van der Waals surface area contributed by atoms with Crippen LogP contribution in [0.1, 0.15) is 67.1 Å². The van der Waals surface area contributed by atoms with Crippen LogP contribution in [0.15, 0.2) is 0 Å². The maximum absolute atomic E-state index is 11.5. The number of nitrogens with one attached hydrogen (secondary N) is 1. The zero-order valence-corrected chi connectivity index (χ0v) is 12.5. The van der Waals surface area contributed by atoms with E-state index in [1.807, 2.05) is 6.92 Å². The van der Waals surface area contributed by atoms with Crippen LogP contribution in [0.4, 0.5) is 0 Å². The van der Waals surface area contributed by atoms with E-state index in [1.54, 1.807) is 0 Å². The van der Waals surface area contributed by atoms with Gasteiger partial charge in [0.05, 0.1) is 0 Å². The maximum atomic E-state index is 11.5. The monoisotopic (exact) mass is 259 g/mol. The molecule has 18 heavy (non-hydrogen) atoms. The van der Waals surface area contributed by atoms with E-state index in [9.17, 15) is 4.79 Å². The zero-order chi connectivity index (χ0) is 13.6. The average molecular weight is 259 g/mol. The quantitative estimate of drug-likeness (QED) is 0.542. The molecule has 0 aromatic rings. The van der Waals surface area contributed by atoms with Gasteiger partial charge in [-0.05, 0) is 32.1 Å². The molecule has 0 aliphatic carbocycles. The smallest absolute Gasteiger partial charge is 0.219 e. The summed E-state index contributed by atoms with van der Waals surface area (Å²) in [5.41, 5.74) is 0. The Morgan fingerprint density at radius 2 is 1.94 bits per heavy atom. The van der Waals surface area contributed by atoms with Gasteiger partial charge in [0.2, 0.25) is 5.91 Å². The molecule has 0 saturated carbocycles. The molecule has 0 rings (SSSR count). The standard InChI is InChI=1S/C15H31NO2.H2/c1-4-18-13-9-7-11-15(17)16-12-8-5-6-10-14(2)3;/h14H,4-13H2,1-3H3,(H,16,17);1H. The van der Waals surface area contributed by atoms with Crippen molar-refractivity contribution in [3.05, 3.63) is 0 Å². The van der Waals surface area contributed by atoms with Crippen molar-refractivity contribution in [1.29, 1.82) is 0 Å². The first-order valence-electron chi connectivity index (χ1n) is 7.51. The highest BCUT2D eigenvalue weighted by molar-refractivity contribution is 5.75. The van der Waals surface area contributed by atoms with Crippen LogP contribution >= 0.6 is 0 Å². The van der Waals surface area contributed by atoms with Gasteiger partial charge in [-0.15, -0.1) is 0 Å². The lowest BCUT2D eigenvalue weighted by molar-refractivity contribution is -0.121. The third kappa shape index (κ3) is 13.5. The Balaban J connectivity index is 0. The minimum Gasteiger partial charge on any atom is -0.382 e. The molecule has 0 aliphatic rings. The van der Waals surface area contributed by atoms with E-state index in [2.05, 4.69) is 19.2 Å². The molecule has 0 unspecified atom stereocenters. The first-order chi connectivity index (χ1) is 8.66. The summed E-state index contributed by atoms with van der Waals surface area (Å²) in [6.45, 7) is 8.88. The van der Waals surface area contributed by atoms with Gasteiger partial charge in [-0.2, -0.15) is 0 Å². The molecule has 0 aliphatic heterocycles. The Morgan fingerprint density at radius 3 is 2.61 bits per heavy atom. The molecule has 0 fully saturated rings. The van der Waals surface area contributed by atoms with Gasteiger partial charge in [-0.1, -0.05) is 33.1 Å². The topological polar surface area (TPSA) is 38.3 Å². The van der Waals surface area contributed by atoms with Crippen molar-refractivity contribution >= 4 is 5.91 Å². The lowest BCUT2D eigenvalue weighted by Crippen LogP contribution is -2.24. The molecule has 0 aromatic carbocycles. The summed E-state index contributed by atoms with van der Waals surface area (Å²) in [5, 5.41) is 2.98. The van der Waals surface area contributed by atoms with Gasteiger partial charge in [-0.3, -0.25) is 4.79 Å². The van der Waals surface area contributed by atoms with Gasteiger partial charge < -0.3 is 10.1 Å². The van der Waals surface area contributed by atoms with Gasteiger partial charge in [0.15, 0.2) is 0 Å². The molecular formula is C15H33NO2. The van der Waals surface area contributed by atoms with E-state index in [0.717, 1.165) is 44.9 Å². The molecule has 0 bridgehead atoms. The fraction of sp³-hybridized carbons (Fsp3) is 0.933. The van der Waals surface area contributed by atoms with Crippen LogP contribution in [-0.4, -0.2) is 25.7 Å². The van der Waals surface area contributed by atoms with E-state index < -0.39 is 0 Å². The molecule has 0 atom stereocenters. The second-order valence-electron chi connectivity index (χ2n) is 5.25. The summed E-state index contributed by atoms with van der Waals surface area (Å²) in [6, 6.07) is 0. The van der Waals surface area contributed by atoms with E-state index in [4.69, 9.17) is 4.74 Å². The fourth-order valence-electron chi connectivity index (χ4n) is 1.80. The summed E-state index contributed by atoms with van der Waals surface area (Å²) in [5.74, 6) is 0.986. The van der Waals surface area contributed by atoms with Gasteiger partial charge in [0, 0.05) is 27.6 Å². The first-order valence-corrected chi connectivity index (χ1v) is 7.51. The van der Waals surface area contributed by atoms with E-state index in [0.29, 0.717) is 6.42 Å². The zero-order valence-electron chi connectivity index (χ0n) is 12.5. The van der Waals surface area contributed by atoms with Crippen molar-refractivity contribution in [2.24, 2.45) is 5.92 Å². The number of unbranched alkanes of at least 4 members (excludes halogenated alkanes) is 3. The molecule has 0 saturated heterocycles. The predicted molar refractivity (Wildman–Crippen MR) is 78.8 cm³/mol. The number of carbonyl (C=O) groups is 1. The number of hydrogen-bond donors (Lipinski definition) is 1. The molecule has 1 N–H and O–H groups in total. The van der Waals surface area contributed by atoms with Gasteiger partial charge in [-0.25, -0.2) is 0 Å². The number of amides is 1.